The third-order valence-corrected chi connectivity index (χ3v) is 7.10. The molecule has 0 radical (unpaired) electrons. The van der Waals surface area contributed by atoms with Crippen molar-refractivity contribution in [3.05, 3.63) is 107 Å². The van der Waals surface area contributed by atoms with Gasteiger partial charge in [-0.05, 0) is 86.6 Å². The molecule has 3 aromatic heterocycles. The second-order valence-corrected chi connectivity index (χ2v) is 9.72. The van der Waals surface area contributed by atoms with E-state index in [9.17, 15) is 4.79 Å². The van der Waals surface area contributed by atoms with Gasteiger partial charge in [0, 0.05) is 42.4 Å². The van der Waals surface area contributed by atoms with Crippen LogP contribution in [0.25, 0.3) is 5.82 Å². The Bertz CT molecular complexity index is 1420. The van der Waals surface area contributed by atoms with Gasteiger partial charge in [0.05, 0.1) is 17.8 Å². The van der Waals surface area contributed by atoms with Crippen molar-refractivity contribution in [2.75, 3.05) is 11.9 Å². The van der Waals surface area contributed by atoms with E-state index in [0.29, 0.717) is 18.1 Å². The Morgan fingerprint density at radius 1 is 1.00 bits per heavy atom. The second-order valence-electron chi connectivity index (χ2n) is 9.34. The Kier molecular flexibility index (Phi) is 7.01. The maximum Gasteiger partial charge on any atom is 0.226 e. The predicted molar refractivity (Wildman–Crippen MR) is 150 cm³/mol. The number of aryl methyl sites for hydroxylation is 2. The molecule has 4 heterocycles. The van der Waals surface area contributed by atoms with Gasteiger partial charge in [0.25, 0.3) is 0 Å². The Morgan fingerprint density at radius 2 is 1.78 bits per heavy atom. The molecule has 37 heavy (non-hydrogen) atoms. The molecule has 0 aliphatic carbocycles. The molecule has 0 saturated carbocycles. The summed E-state index contributed by atoms with van der Waals surface area (Å²) in [6.45, 7) is 6.68. The molecule has 5 rings (SSSR count). The first kappa shape index (κ1) is 24.6. The molecule has 1 fully saturated rings. The minimum Gasteiger partial charge on any atom is -0.352 e. The van der Waals surface area contributed by atoms with Gasteiger partial charge in [0.2, 0.25) is 5.91 Å². The quantitative estimate of drug-likeness (QED) is 0.333. The summed E-state index contributed by atoms with van der Waals surface area (Å²) in [4.78, 5) is 24.2. The second kappa shape index (κ2) is 10.5. The van der Waals surface area contributed by atoms with Crippen molar-refractivity contribution < 1.29 is 4.79 Å². The predicted octanol–water partition coefficient (Wildman–Crippen LogP) is 5.19. The maximum absolute atomic E-state index is 12.9. The number of benzene rings is 1. The lowest BCUT2D eigenvalue weighted by atomic mass is 9.96. The van der Waals surface area contributed by atoms with Gasteiger partial charge >= 0.3 is 0 Å². The number of amides is 1. The molecule has 1 aliphatic heterocycles. The standard InChI is InChI=1S/C29H30N6OS/c1-19-9-8-10-22(17-19)32-26(36)13-16-34-28(27(33-29(34)37)24-11-4-6-14-30-24)23-18-20(2)35(21(23)3)25-12-5-7-15-31-25/h4-12,14-15,17-18,27-28H,13,16H2,1-3H3,(H,32,36)(H,33,37)/t27-,28+/m1/s1. The smallest absolute Gasteiger partial charge is 0.226 e. The van der Waals surface area contributed by atoms with Crippen LogP contribution in [0.5, 0.6) is 0 Å². The van der Waals surface area contributed by atoms with Gasteiger partial charge in [-0.3, -0.25) is 9.78 Å². The van der Waals surface area contributed by atoms with Gasteiger partial charge in [0.15, 0.2) is 5.11 Å². The Hall–Kier alpha value is -4.04. The normalized spacial score (nSPS) is 17.1. The lowest BCUT2D eigenvalue weighted by Gasteiger charge is -2.28. The number of hydrogen-bond acceptors (Lipinski definition) is 4. The SMILES string of the molecule is Cc1cccc(NC(=O)CCN2C(=S)N[C@H](c3ccccn3)[C@@H]2c2cc(C)n(-c3ccccn3)c2C)c1. The van der Waals surface area contributed by atoms with Gasteiger partial charge < -0.3 is 20.1 Å². The molecule has 1 aromatic carbocycles. The minimum atomic E-state index is -0.147. The maximum atomic E-state index is 12.9. The van der Waals surface area contributed by atoms with Crippen LogP contribution in [0.3, 0.4) is 0 Å². The third-order valence-electron chi connectivity index (χ3n) is 6.75. The van der Waals surface area contributed by atoms with Crippen LogP contribution in [0.4, 0.5) is 5.69 Å². The lowest BCUT2D eigenvalue weighted by Crippen LogP contribution is -2.32. The number of hydrogen-bond donors (Lipinski definition) is 2. The Labute approximate surface area is 222 Å². The summed E-state index contributed by atoms with van der Waals surface area (Å²) >= 11 is 5.81. The van der Waals surface area contributed by atoms with Gasteiger partial charge in [0.1, 0.15) is 5.82 Å². The molecule has 1 saturated heterocycles. The van der Waals surface area contributed by atoms with E-state index in [1.165, 1.54) is 0 Å². The van der Waals surface area contributed by atoms with Gasteiger partial charge in [-0.1, -0.05) is 24.3 Å². The molecule has 7 nitrogen and oxygen atoms in total. The fourth-order valence-corrected chi connectivity index (χ4v) is 5.41. The molecular weight excluding hydrogens is 480 g/mol. The number of anilines is 1. The summed E-state index contributed by atoms with van der Waals surface area (Å²) in [5, 5.41) is 7.11. The molecule has 1 aliphatic rings. The third kappa shape index (κ3) is 5.11. The highest BCUT2D eigenvalue weighted by molar-refractivity contribution is 7.80. The average molecular weight is 511 g/mol. The molecule has 8 heteroatoms. The molecule has 2 atom stereocenters. The van der Waals surface area contributed by atoms with Crippen molar-refractivity contribution in [1.29, 1.82) is 0 Å². The van der Waals surface area contributed by atoms with Crippen LogP contribution in [0, 0.1) is 20.8 Å². The van der Waals surface area contributed by atoms with Crippen molar-refractivity contribution >= 4 is 28.9 Å². The molecule has 188 valence electrons. The first-order valence-electron chi connectivity index (χ1n) is 12.4. The number of nitrogens with one attached hydrogen (secondary N) is 2. The number of carbonyl (C=O) groups is 1. The molecule has 0 unspecified atom stereocenters. The molecule has 4 aromatic rings. The average Bonchev–Trinajstić information content (AvgIpc) is 3.38. The van der Waals surface area contributed by atoms with E-state index in [0.717, 1.165) is 39.7 Å². The zero-order chi connectivity index (χ0) is 25.9. The molecule has 0 bridgehead atoms. The van der Waals surface area contributed by atoms with Crippen LogP contribution in [0.2, 0.25) is 0 Å². The summed E-state index contributed by atoms with van der Waals surface area (Å²) < 4.78 is 2.16. The van der Waals surface area contributed by atoms with E-state index in [4.69, 9.17) is 12.2 Å². The van der Waals surface area contributed by atoms with E-state index >= 15 is 0 Å². The first-order chi connectivity index (χ1) is 17.9. The number of thiocarbonyl (C=S) groups is 1. The van der Waals surface area contributed by atoms with Crippen LogP contribution >= 0.6 is 12.2 Å². The fraction of sp³-hybridized carbons (Fsp3) is 0.241. The largest absolute Gasteiger partial charge is 0.352 e. The number of carbonyl (C=O) groups excluding carboxylic acids is 1. The van der Waals surface area contributed by atoms with E-state index in [1.807, 2.05) is 67.6 Å². The lowest BCUT2D eigenvalue weighted by molar-refractivity contribution is -0.116. The summed E-state index contributed by atoms with van der Waals surface area (Å²) in [6.07, 6.45) is 3.91. The van der Waals surface area contributed by atoms with Crippen LogP contribution < -0.4 is 10.6 Å². The molecule has 2 N–H and O–H groups in total. The van der Waals surface area contributed by atoms with Gasteiger partial charge in [-0.25, -0.2) is 4.98 Å². The van der Waals surface area contributed by atoms with E-state index in [1.54, 1.807) is 12.4 Å². The zero-order valence-electron chi connectivity index (χ0n) is 21.2. The minimum absolute atomic E-state index is 0.0487. The molecular formula is C29H30N6OS. The van der Waals surface area contributed by atoms with Crippen molar-refractivity contribution in [2.45, 2.75) is 39.3 Å². The summed E-state index contributed by atoms with van der Waals surface area (Å²) in [7, 11) is 0. The fourth-order valence-electron chi connectivity index (χ4n) is 5.08. The van der Waals surface area contributed by atoms with E-state index in [2.05, 4.69) is 50.0 Å². The Balaban J connectivity index is 1.46. The van der Waals surface area contributed by atoms with Crippen LogP contribution in [-0.4, -0.2) is 37.0 Å². The molecule has 0 spiro atoms. The number of rotatable bonds is 7. The van der Waals surface area contributed by atoms with Crippen molar-refractivity contribution in [2.24, 2.45) is 0 Å². The topological polar surface area (TPSA) is 75.1 Å². The first-order valence-corrected chi connectivity index (χ1v) is 12.8. The highest BCUT2D eigenvalue weighted by Crippen LogP contribution is 2.41. The van der Waals surface area contributed by atoms with E-state index < -0.39 is 0 Å². The summed E-state index contributed by atoms with van der Waals surface area (Å²) in [6, 6.07) is 21.6. The number of nitrogens with zero attached hydrogens (tertiary/aromatic N) is 4. The molecule has 1 amide bonds. The van der Waals surface area contributed by atoms with Crippen LogP contribution in [0.1, 0.15) is 46.7 Å². The van der Waals surface area contributed by atoms with Crippen molar-refractivity contribution in [1.82, 2.24) is 24.8 Å². The Morgan fingerprint density at radius 3 is 2.49 bits per heavy atom. The number of pyridine rings is 2. The highest BCUT2D eigenvalue weighted by atomic mass is 32.1. The van der Waals surface area contributed by atoms with Gasteiger partial charge in [-0.15, -0.1) is 0 Å². The van der Waals surface area contributed by atoms with Crippen molar-refractivity contribution in [3.63, 3.8) is 0 Å². The summed E-state index contributed by atoms with van der Waals surface area (Å²) in [5.41, 5.74) is 6.11. The van der Waals surface area contributed by atoms with Crippen LogP contribution in [-0.2, 0) is 4.79 Å². The van der Waals surface area contributed by atoms with E-state index in [-0.39, 0.29) is 18.0 Å². The zero-order valence-corrected chi connectivity index (χ0v) is 22.0. The van der Waals surface area contributed by atoms with Crippen molar-refractivity contribution in [3.8, 4) is 5.82 Å². The van der Waals surface area contributed by atoms with Gasteiger partial charge in [-0.2, -0.15) is 0 Å². The highest BCUT2D eigenvalue weighted by Gasteiger charge is 2.41. The summed E-state index contributed by atoms with van der Waals surface area (Å²) in [5.74, 6) is 0.822. The van der Waals surface area contributed by atoms with Crippen LogP contribution in [0.15, 0.2) is 79.1 Å². The number of aromatic nitrogens is 3. The monoisotopic (exact) mass is 510 g/mol.